The molecule has 0 unspecified atom stereocenters. The van der Waals surface area contributed by atoms with Gasteiger partial charge in [0.05, 0.1) is 11.9 Å². The van der Waals surface area contributed by atoms with Gasteiger partial charge in [-0.15, -0.1) is 0 Å². The summed E-state index contributed by atoms with van der Waals surface area (Å²) in [5, 5.41) is 2.83. The van der Waals surface area contributed by atoms with Crippen LogP contribution in [0.1, 0.15) is 32.3 Å². The van der Waals surface area contributed by atoms with E-state index in [-0.39, 0.29) is 18.1 Å². The van der Waals surface area contributed by atoms with Gasteiger partial charge in [-0.1, -0.05) is 43.7 Å². The quantitative estimate of drug-likeness (QED) is 0.476. The number of nitrogens with zero attached hydrogens (tertiary/aromatic N) is 2. The molecule has 1 N–H and O–H groups in total. The van der Waals surface area contributed by atoms with Crippen LogP contribution in [0.3, 0.4) is 0 Å². The molecule has 2 aromatic rings. The maximum absolute atomic E-state index is 13.3. The number of hydrogen-bond donors (Lipinski definition) is 1. The van der Waals surface area contributed by atoms with Crippen molar-refractivity contribution in [2.45, 2.75) is 39.2 Å². The molecular weight excluding hydrogens is 445 g/mol. The van der Waals surface area contributed by atoms with Gasteiger partial charge in [-0.3, -0.25) is 13.9 Å². The predicted molar refractivity (Wildman–Crippen MR) is 128 cm³/mol. The lowest BCUT2D eigenvalue weighted by molar-refractivity contribution is -0.138. The molecule has 0 aliphatic rings. The molecule has 0 radical (unpaired) electrons. The smallest absolute Gasteiger partial charge is 0.244 e. The van der Waals surface area contributed by atoms with Crippen LogP contribution in [0, 0.1) is 5.82 Å². The van der Waals surface area contributed by atoms with Crippen molar-refractivity contribution >= 4 is 27.5 Å². The molecule has 0 aliphatic heterocycles. The van der Waals surface area contributed by atoms with Gasteiger partial charge in [-0.25, -0.2) is 12.8 Å². The Morgan fingerprint density at radius 3 is 2.27 bits per heavy atom. The van der Waals surface area contributed by atoms with E-state index in [0.717, 1.165) is 41.1 Å². The molecule has 7 nitrogen and oxygen atoms in total. The van der Waals surface area contributed by atoms with Crippen LogP contribution in [0.2, 0.25) is 0 Å². The van der Waals surface area contributed by atoms with Gasteiger partial charge in [-0.2, -0.15) is 0 Å². The molecule has 2 rings (SSSR count). The standard InChI is InChI=1S/C24H32FN3O4S/c1-4-5-16-26-24(30)19(2)27(17-15-20-9-7-6-8-10-20)23(29)18-28(33(3,31)32)22-13-11-21(25)12-14-22/h6-14,19H,4-5,15-18H2,1-3H3,(H,26,30)/t19-/m0/s1. The lowest BCUT2D eigenvalue weighted by atomic mass is 10.1. The number of unbranched alkanes of at least 4 members (excludes halogenated alkanes) is 1. The molecule has 1 atom stereocenters. The lowest BCUT2D eigenvalue weighted by Crippen LogP contribution is -2.52. The normalized spacial score (nSPS) is 12.1. The van der Waals surface area contributed by atoms with Gasteiger partial charge < -0.3 is 10.2 Å². The highest BCUT2D eigenvalue weighted by molar-refractivity contribution is 7.92. The Kier molecular flexibility index (Phi) is 9.84. The van der Waals surface area contributed by atoms with Crippen molar-refractivity contribution in [1.29, 1.82) is 0 Å². The molecule has 0 aliphatic carbocycles. The number of anilines is 1. The van der Waals surface area contributed by atoms with Gasteiger partial charge in [-0.05, 0) is 49.6 Å². The van der Waals surface area contributed by atoms with E-state index in [4.69, 9.17) is 0 Å². The molecule has 0 heterocycles. The van der Waals surface area contributed by atoms with Crippen LogP contribution in [0.4, 0.5) is 10.1 Å². The summed E-state index contributed by atoms with van der Waals surface area (Å²) in [5.41, 5.74) is 1.17. The highest BCUT2D eigenvalue weighted by atomic mass is 32.2. The summed E-state index contributed by atoms with van der Waals surface area (Å²) in [6.45, 7) is 3.90. The van der Waals surface area contributed by atoms with Crippen molar-refractivity contribution in [2.24, 2.45) is 0 Å². The zero-order valence-corrected chi connectivity index (χ0v) is 20.1. The maximum Gasteiger partial charge on any atom is 0.244 e. The zero-order valence-electron chi connectivity index (χ0n) is 19.3. The summed E-state index contributed by atoms with van der Waals surface area (Å²) in [4.78, 5) is 27.4. The van der Waals surface area contributed by atoms with Crippen LogP contribution in [0.15, 0.2) is 54.6 Å². The third kappa shape index (κ3) is 8.16. The van der Waals surface area contributed by atoms with Gasteiger partial charge in [0, 0.05) is 13.1 Å². The molecule has 0 saturated heterocycles. The highest BCUT2D eigenvalue weighted by Gasteiger charge is 2.29. The Morgan fingerprint density at radius 1 is 1.06 bits per heavy atom. The Bertz CT molecular complexity index is 1010. The molecule has 33 heavy (non-hydrogen) atoms. The van der Waals surface area contributed by atoms with Crippen molar-refractivity contribution in [3.8, 4) is 0 Å². The first-order valence-corrected chi connectivity index (χ1v) is 12.8. The van der Waals surface area contributed by atoms with E-state index in [0.29, 0.717) is 13.0 Å². The number of benzene rings is 2. The first-order chi connectivity index (χ1) is 15.6. The average Bonchev–Trinajstić information content (AvgIpc) is 2.78. The molecule has 0 bridgehead atoms. The van der Waals surface area contributed by atoms with Crippen molar-refractivity contribution < 1.29 is 22.4 Å². The average molecular weight is 478 g/mol. The summed E-state index contributed by atoms with van der Waals surface area (Å²) in [6.07, 6.45) is 3.24. The number of amides is 2. The van der Waals surface area contributed by atoms with Crippen LogP contribution in [-0.4, -0.2) is 57.1 Å². The van der Waals surface area contributed by atoms with Crippen LogP contribution < -0.4 is 9.62 Å². The molecule has 2 amide bonds. The Balaban J connectivity index is 2.25. The van der Waals surface area contributed by atoms with Crippen LogP contribution >= 0.6 is 0 Å². The van der Waals surface area contributed by atoms with Crippen LogP contribution in [-0.2, 0) is 26.0 Å². The van der Waals surface area contributed by atoms with Crippen molar-refractivity contribution in [1.82, 2.24) is 10.2 Å². The summed E-state index contributed by atoms with van der Waals surface area (Å²) in [7, 11) is -3.83. The fraction of sp³-hybridized carbons (Fsp3) is 0.417. The minimum atomic E-state index is -3.83. The molecule has 0 aromatic heterocycles. The largest absolute Gasteiger partial charge is 0.354 e. The van der Waals surface area contributed by atoms with E-state index in [1.165, 1.54) is 17.0 Å². The second-order valence-corrected chi connectivity index (χ2v) is 9.80. The number of nitrogens with one attached hydrogen (secondary N) is 1. The van der Waals surface area contributed by atoms with Crippen LogP contribution in [0.5, 0.6) is 0 Å². The molecule has 0 fully saturated rings. The number of carbonyl (C=O) groups excluding carboxylic acids is 2. The molecule has 180 valence electrons. The fourth-order valence-electron chi connectivity index (χ4n) is 3.33. The maximum atomic E-state index is 13.3. The Hall–Kier alpha value is -2.94. The number of hydrogen-bond acceptors (Lipinski definition) is 4. The summed E-state index contributed by atoms with van der Waals surface area (Å²) in [5.74, 6) is -1.32. The second-order valence-electron chi connectivity index (χ2n) is 7.89. The zero-order chi connectivity index (χ0) is 24.4. The first-order valence-electron chi connectivity index (χ1n) is 11.0. The molecule has 0 spiro atoms. The van der Waals surface area contributed by atoms with Gasteiger partial charge >= 0.3 is 0 Å². The van der Waals surface area contributed by atoms with Gasteiger partial charge in [0.1, 0.15) is 18.4 Å². The van der Waals surface area contributed by atoms with Crippen molar-refractivity contribution in [3.05, 3.63) is 66.0 Å². The minimum Gasteiger partial charge on any atom is -0.354 e. The van der Waals surface area contributed by atoms with E-state index < -0.39 is 34.3 Å². The third-order valence-corrected chi connectivity index (χ3v) is 6.42. The SMILES string of the molecule is CCCCNC(=O)[C@H](C)N(CCc1ccccc1)C(=O)CN(c1ccc(F)cc1)S(C)(=O)=O. The minimum absolute atomic E-state index is 0.176. The topological polar surface area (TPSA) is 86.8 Å². The Morgan fingerprint density at radius 2 is 1.70 bits per heavy atom. The molecule has 9 heteroatoms. The van der Waals surface area contributed by atoms with E-state index in [1.54, 1.807) is 6.92 Å². The van der Waals surface area contributed by atoms with Crippen molar-refractivity contribution in [2.75, 3.05) is 30.2 Å². The molecule has 2 aromatic carbocycles. The van der Waals surface area contributed by atoms with Gasteiger partial charge in [0.15, 0.2) is 0 Å². The van der Waals surface area contributed by atoms with E-state index in [1.807, 2.05) is 37.3 Å². The van der Waals surface area contributed by atoms with E-state index in [9.17, 15) is 22.4 Å². The van der Waals surface area contributed by atoms with Gasteiger partial charge in [0.25, 0.3) is 0 Å². The molecule has 0 saturated carbocycles. The third-order valence-electron chi connectivity index (χ3n) is 5.27. The predicted octanol–water partition coefficient (Wildman–Crippen LogP) is 2.97. The van der Waals surface area contributed by atoms with Crippen molar-refractivity contribution in [3.63, 3.8) is 0 Å². The number of rotatable bonds is 12. The number of carbonyl (C=O) groups is 2. The summed E-state index contributed by atoms with van der Waals surface area (Å²) in [6, 6.07) is 13.6. The number of halogens is 1. The van der Waals surface area contributed by atoms with E-state index in [2.05, 4.69) is 5.32 Å². The Labute approximate surface area is 195 Å². The fourth-order valence-corrected chi connectivity index (χ4v) is 4.18. The van der Waals surface area contributed by atoms with E-state index >= 15 is 0 Å². The number of sulfonamides is 1. The molecular formula is C24H32FN3O4S. The van der Waals surface area contributed by atoms with Gasteiger partial charge in [0.2, 0.25) is 21.8 Å². The second kappa shape index (κ2) is 12.3. The first kappa shape index (κ1) is 26.3. The monoisotopic (exact) mass is 477 g/mol. The summed E-state index contributed by atoms with van der Waals surface area (Å²) >= 11 is 0. The van der Waals surface area contributed by atoms with Crippen LogP contribution in [0.25, 0.3) is 0 Å². The summed E-state index contributed by atoms with van der Waals surface area (Å²) < 4.78 is 39.1. The lowest BCUT2D eigenvalue weighted by Gasteiger charge is -2.31. The highest BCUT2D eigenvalue weighted by Crippen LogP contribution is 2.19.